The predicted molar refractivity (Wildman–Crippen MR) is 143 cm³/mol. The number of amidine groups is 1. The number of H-pyrrole nitrogens is 2. The number of aromatic amines is 2. The molecule has 0 aromatic carbocycles. The summed E-state index contributed by atoms with van der Waals surface area (Å²) in [5.41, 5.74) is 12.9. The van der Waals surface area contributed by atoms with Crippen LogP contribution in [-0.4, -0.2) is 60.0 Å². The molecule has 1 aliphatic heterocycles. The van der Waals surface area contributed by atoms with Crippen molar-refractivity contribution in [3.63, 3.8) is 0 Å². The average Bonchev–Trinajstić information content (AvgIpc) is 3.52. The topological polar surface area (TPSA) is 125 Å². The van der Waals surface area contributed by atoms with Crippen molar-refractivity contribution in [1.29, 1.82) is 0 Å². The molecule has 178 valence electrons. The molecule has 5 aromatic heterocycles. The van der Waals surface area contributed by atoms with Crippen molar-refractivity contribution in [2.24, 2.45) is 10.7 Å². The number of pyridine rings is 3. The third-order valence-corrected chi connectivity index (χ3v) is 6.39. The van der Waals surface area contributed by atoms with Gasteiger partial charge >= 0.3 is 0 Å². The molecule has 4 N–H and O–H groups in total. The van der Waals surface area contributed by atoms with Crippen LogP contribution in [0.25, 0.3) is 50.1 Å². The summed E-state index contributed by atoms with van der Waals surface area (Å²) in [4.78, 5) is 23.8. The van der Waals surface area contributed by atoms with Crippen molar-refractivity contribution >= 4 is 33.3 Å². The number of aromatic nitrogens is 6. The normalized spacial score (nSPS) is 15.0. The van der Waals surface area contributed by atoms with Gasteiger partial charge in [0.2, 0.25) is 0 Å². The SMILES string of the molecule is C=CC(=N/C(=C\C)c1cc2c(-c3cc4c(-c5ccncc5)nccc4[nH]3)n[nH]c2cn1)N1CC(N)C1. The number of aliphatic imine (C=N–C) groups is 1. The third-order valence-electron chi connectivity index (χ3n) is 6.39. The molecule has 6 heterocycles. The van der Waals surface area contributed by atoms with Gasteiger partial charge in [-0.1, -0.05) is 12.7 Å². The highest BCUT2D eigenvalue weighted by Crippen LogP contribution is 2.33. The van der Waals surface area contributed by atoms with Gasteiger partial charge in [0.15, 0.2) is 0 Å². The highest BCUT2D eigenvalue weighted by molar-refractivity contribution is 6.01. The second-order valence-electron chi connectivity index (χ2n) is 8.74. The molecule has 1 saturated heterocycles. The summed E-state index contributed by atoms with van der Waals surface area (Å²) in [6.07, 6.45) is 10.9. The summed E-state index contributed by atoms with van der Waals surface area (Å²) in [6.45, 7) is 7.43. The summed E-state index contributed by atoms with van der Waals surface area (Å²) in [5, 5.41) is 9.68. The van der Waals surface area contributed by atoms with E-state index in [1.165, 1.54) is 0 Å². The van der Waals surface area contributed by atoms with Crippen LogP contribution in [0.1, 0.15) is 12.6 Å². The molecule has 0 spiro atoms. The first-order valence-electron chi connectivity index (χ1n) is 11.8. The van der Waals surface area contributed by atoms with Gasteiger partial charge in [-0.05, 0) is 43.3 Å². The lowest BCUT2D eigenvalue weighted by atomic mass is 10.1. The lowest BCUT2D eigenvalue weighted by molar-refractivity contribution is 0.256. The predicted octanol–water partition coefficient (Wildman–Crippen LogP) is 4.15. The van der Waals surface area contributed by atoms with Gasteiger partial charge < -0.3 is 15.6 Å². The van der Waals surface area contributed by atoms with Gasteiger partial charge in [-0.3, -0.25) is 20.1 Å². The van der Waals surface area contributed by atoms with Gasteiger partial charge in [0.25, 0.3) is 0 Å². The van der Waals surface area contributed by atoms with Crippen molar-refractivity contribution in [2.45, 2.75) is 13.0 Å². The van der Waals surface area contributed by atoms with E-state index in [1.54, 1.807) is 24.7 Å². The second kappa shape index (κ2) is 8.86. The molecule has 0 radical (unpaired) electrons. The van der Waals surface area contributed by atoms with Crippen LogP contribution >= 0.6 is 0 Å². The van der Waals surface area contributed by atoms with E-state index in [0.717, 1.165) is 74.8 Å². The Morgan fingerprint density at radius 3 is 2.64 bits per heavy atom. The number of nitrogens with one attached hydrogen (secondary N) is 2. The molecule has 6 rings (SSSR count). The van der Waals surface area contributed by atoms with E-state index >= 15 is 0 Å². The van der Waals surface area contributed by atoms with E-state index in [2.05, 4.69) is 47.7 Å². The lowest BCUT2D eigenvalue weighted by Crippen LogP contribution is -2.57. The summed E-state index contributed by atoms with van der Waals surface area (Å²) in [5.74, 6) is 0.797. The van der Waals surface area contributed by atoms with Crippen molar-refractivity contribution in [2.75, 3.05) is 13.1 Å². The third kappa shape index (κ3) is 3.75. The number of likely N-dealkylation sites (tertiary alicyclic amines) is 1. The number of nitrogens with two attached hydrogens (primary N) is 1. The number of fused-ring (bicyclic) bond motifs is 2. The van der Waals surface area contributed by atoms with Gasteiger partial charge in [-0.2, -0.15) is 5.10 Å². The number of hydrogen-bond acceptors (Lipinski definition) is 6. The highest BCUT2D eigenvalue weighted by atomic mass is 15.3. The number of rotatable bonds is 5. The fourth-order valence-corrected chi connectivity index (χ4v) is 4.52. The minimum absolute atomic E-state index is 0.178. The molecule has 0 amide bonds. The molecule has 0 aliphatic carbocycles. The fourth-order valence-electron chi connectivity index (χ4n) is 4.52. The maximum Gasteiger partial charge on any atom is 0.128 e. The summed E-state index contributed by atoms with van der Waals surface area (Å²) in [7, 11) is 0. The van der Waals surface area contributed by atoms with Crippen LogP contribution in [0.4, 0.5) is 0 Å². The van der Waals surface area contributed by atoms with Gasteiger partial charge in [0.1, 0.15) is 11.5 Å². The summed E-state index contributed by atoms with van der Waals surface area (Å²) in [6, 6.07) is 10.2. The van der Waals surface area contributed by atoms with Crippen LogP contribution in [0.15, 0.2) is 78.8 Å². The Balaban J connectivity index is 1.41. The molecular weight excluding hydrogens is 450 g/mol. The molecule has 9 heteroatoms. The largest absolute Gasteiger partial charge is 0.353 e. The Morgan fingerprint density at radius 1 is 1.08 bits per heavy atom. The Bertz CT molecular complexity index is 1640. The number of allylic oxidation sites excluding steroid dienone is 1. The van der Waals surface area contributed by atoms with Crippen LogP contribution in [0.2, 0.25) is 0 Å². The van der Waals surface area contributed by atoms with Gasteiger partial charge in [-0.25, -0.2) is 4.99 Å². The van der Waals surface area contributed by atoms with E-state index in [1.807, 2.05) is 43.5 Å². The summed E-state index contributed by atoms with van der Waals surface area (Å²) < 4.78 is 0. The van der Waals surface area contributed by atoms with Crippen molar-refractivity contribution in [1.82, 2.24) is 35.0 Å². The fraction of sp³-hybridized carbons (Fsp3) is 0.148. The van der Waals surface area contributed by atoms with Crippen LogP contribution in [-0.2, 0) is 0 Å². The molecule has 0 unspecified atom stereocenters. The zero-order valence-corrected chi connectivity index (χ0v) is 19.8. The molecule has 9 nitrogen and oxygen atoms in total. The lowest BCUT2D eigenvalue weighted by Gasteiger charge is -2.38. The van der Waals surface area contributed by atoms with E-state index in [0.29, 0.717) is 0 Å². The molecule has 0 atom stereocenters. The van der Waals surface area contributed by atoms with E-state index < -0.39 is 0 Å². The first-order valence-corrected chi connectivity index (χ1v) is 11.8. The monoisotopic (exact) mass is 475 g/mol. The molecule has 0 bridgehead atoms. The Morgan fingerprint density at radius 2 is 1.89 bits per heavy atom. The molecule has 1 aliphatic rings. The second-order valence-corrected chi connectivity index (χ2v) is 8.74. The minimum Gasteiger partial charge on any atom is -0.353 e. The van der Waals surface area contributed by atoms with Crippen molar-refractivity contribution in [3.05, 3.63) is 79.5 Å². The van der Waals surface area contributed by atoms with E-state index in [-0.39, 0.29) is 6.04 Å². The van der Waals surface area contributed by atoms with Crippen molar-refractivity contribution < 1.29 is 0 Å². The number of hydrogen-bond donors (Lipinski definition) is 3. The highest BCUT2D eigenvalue weighted by Gasteiger charge is 2.25. The quantitative estimate of drug-likeness (QED) is 0.259. The molecule has 36 heavy (non-hydrogen) atoms. The molecule has 0 saturated carbocycles. The zero-order valence-electron chi connectivity index (χ0n) is 19.8. The van der Waals surface area contributed by atoms with Crippen LogP contribution in [0.5, 0.6) is 0 Å². The van der Waals surface area contributed by atoms with Crippen LogP contribution < -0.4 is 5.73 Å². The Hall–Kier alpha value is -4.63. The van der Waals surface area contributed by atoms with E-state index in [4.69, 9.17) is 10.7 Å². The van der Waals surface area contributed by atoms with Crippen molar-refractivity contribution in [3.8, 4) is 22.6 Å². The first kappa shape index (κ1) is 21.9. The standard InChI is InChI=1S/C27H25N9/c1-3-20(33-25(4-2)36-14-17(28)15-36)22-11-19-24(13-31-22)34-35-27(19)23-12-18-21(32-23)7-10-30-26(18)16-5-8-29-9-6-16/h3-13,17,32H,2,14-15,28H2,1H3,(H,34,35)/b20-3-,33-25?. The Labute approximate surface area is 207 Å². The van der Waals surface area contributed by atoms with Crippen LogP contribution in [0.3, 0.4) is 0 Å². The maximum atomic E-state index is 5.95. The summed E-state index contributed by atoms with van der Waals surface area (Å²) >= 11 is 0. The first-order chi connectivity index (χ1) is 17.6. The van der Waals surface area contributed by atoms with Crippen LogP contribution in [0, 0.1) is 0 Å². The molecule has 1 fully saturated rings. The minimum atomic E-state index is 0.178. The Kier molecular flexibility index (Phi) is 5.38. The van der Waals surface area contributed by atoms with E-state index in [9.17, 15) is 0 Å². The molecule has 5 aromatic rings. The van der Waals surface area contributed by atoms with Gasteiger partial charge in [0.05, 0.1) is 34.5 Å². The zero-order chi connectivity index (χ0) is 24.6. The van der Waals surface area contributed by atoms with Gasteiger partial charge in [-0.15, -0.1) is 0 Å². The number of nitrogens with zero attached hydrogens (tertiary/aromatic N) is 6. The maximum absolute atomic E-state index is 5.95. The molecular formula is C27H25N9. The smallest absolute Gasteiger partial charge is 0.128 e. The van der Waals surface area contributed by atoms with Gasteiger partial charge in [0, 0.05) is 59.6 Å². The average molecular weight is 476 g/mol.